The van der Waals surface area contributed by atoms with Gasteiger partial charge in [0.1, 0.15) is 12.4 Å². The maximum atomic E-state index is 12.6. The number of aryl methyl sites for hydroxylation is 1. The van der Waals surface area contributed by atoms with Gasteiger partial charge in [0.15, 0.2) is 5.82 Å². The molecule has 0 bridgehead atoms. The van der Waals surface area contributed by atoms with Gasteiger partial charge in [0.2, 0.25) is 0 Å². The van der Waals surface area contributed by atoms with Gasteiger partial charge in [-0.05, 0) is 55.0 Å². The van der Waals surface area contributed by atoms with Gasteiger partial charge < -0.3 is 19.5 Å². The van der Waals surface area contributed by atoms with Gasteiger partial charge in [0.25, 0.3) is 5.91 Å². The van der Waals surface area contributed by atoms with E-state index in [0.717, 1.165) is 16.8 Å². The molecule has 1 N–H and O–H groups in total. The summed E-state index contributed by atoms with van der Waals surface area (Å²) >= 11 is 0. The van der Waals surface area contributed by atoms with Crippen molar-refractivity contribution >= 4 is 11.6 Å². The van der Waals surface area contributed by atoms with E-state index in [1.807, 2.05) is 55.5 Å². The number of benzene rings is 3. The molecular weight excluding hydrogens is 432 g/mol. The van der Waals surface area contributed by atoms with Crippen LogP contribution >= 0.6 is 0 Å². The van der Waals surface area contributed by atoms with Gasteiger partial charge in [-0.15, -0.1) is 5.10 Å². The van der Waals surface area contributed by atoms with Gasteiger partial charge in [-0.3, -0.25) is 4.79 Å². The molecule has 174 valence electrons. The number of methoxy groups -OCH3 is 2. The van der Waals surface area contributed by atoms with Crippen LogP contribution in [0, 0.1) is 6.92 Å². The molecule has 8 nitrogen and oxygen atoms in total. The Morgan fingerprint density at radius 2 is 1.76 bits per heavy atom. The largest absolute Gasteiger partial charge is 0.497 e. The first-order valence-electron chi connectivity index (χ1n) is 10.8. The molecule has 4 rings (SSSR count). The number of hydrogen-bond donors (Lipinski definition) is 1. The fraction of sp³-hybridized carbons (Fsp3) is 0.192. The van der Waals surface area contributed by atoms with Crippen molar-refractivity contribution in [2.45, 2.75) is 6.92 Å². The Morgan fingerprint density at radius 1 is 0.971 bits per heavy atom. The molecule has 0 spiro atoms. The number of nitrogens with zero attached hydrogens (tertiary/aromatic N) is 3. The second-order valence-electron chi connectivity index (χ2n) is 7.52. The van der Waals surface area contributed by atoms with Gasteiger partial charge in [-0.1, -0.05) is 30.3 Å². The zero-order valence-electron chi connectivity index (χ0n) is 19.3. The van der Waals surface area contributed by atoms with Crippen molar-refractivity contribution in [1.29, 1.82) is 0 Å². The lowest BCUT2D eigenvalue weighted by molar-refractivity contribution is 0.102. The normalized spacial score (nSPS) is 10.7. The summed E-state index contributed by atoms with van der Waals surface area (Å²) in [4.78, 5) is 17.2. The Bertz CT molecular complexity index is 1270. The summed E-state index contributed by atoms with van der Waals surface area (Å²) in [6.07, 6.45) is 0. The number of hydrogen-bond acceptors (Lipinski definition) is 6. The van der Waals surface area contributed by atoms with E-state index in [-0.39, 0.29) is 11.9 Å². The van der Waals surface area contributed by atoms with Crippen LogP contribution in [-0.2, 0) is 4.74 Å². The maximum Gasteiger partial charge on any atom is 0.336 e. The third kappa shape index (κ3) is 5.24. The molecule has 0 aliphatic rings. The smallest absolute Gasteiger partial charge is 0.336 e. The van der Waals surface area contributed by atoms with Crippen molar-refractivity contribution in [3.63, 3.8) is 0 Å². The minimum absolute atomic E-state index is 0.221. The lowest BCUT2D eigenvalue weighted by Crippen LogP contribution is -2.12. The number of nitrogens with one attached hydrogen (secondary N) is 1. The van der Waals surface area contributed by atoms with Crippen molar-refractivity contribution in [1.82, 2.24) is 14.8 Å². The average molecular weight is 459 g/mol. The molecule has 1 aromatic heterocycles. The Labute approximate surface area is 198 Å². The van der Waals surface area contributed by atoms with Gasteiger partial charge in [-0.25, -0.2) is 4.68 Å². The zero-order chi connectivity index (χ0) is 23.9. The summed E-state index contributed by atoms with van der Waals surface area (Å²) in [6, 6.07) is 22.6. The number of rotatable bonds is 9. The van der Waals surface area contributed by atoms with Crippen molar-refractivity contribution in [3.8, 4) is 28.8 Å². The fourth-order valence-electron chi connectivity index (χ4n) is 3.40. The van der Waals surface area contributed by atoms with Crippen LogP contribution in [0.4, 0.5) is 5.69 Å². The van der Waals surface area contributed by atoms with Gasteiger partial charge >= 0.3 is 6.01 Å². The van der Waals surface area contributed by atoms with E-state index in [9.17, 15) is 4.79 Å². The SMILES string of the molecule is COCCOc1nc(-c2ccccc2C)n(-c2ccc(NC(=O)c3cccc(OC)c3)cc2)n1. The number of amides is 1. The van der Waals surface area contributed by atoms with Gasteiger partial charge in [0, 0.05) is 23.9 Å². The summed E-state index contributed by atoms with van der Waals surface area (Å²) in [5.41, 5.74) is 3.98. The lowest BCUT2D eigenvalue weighted by atomic mass is 10.1. The van der Waals surface area contributed by atoms with Crippen LogP contribution in [0.25, 0.3) is 17.1 Å². The summed E-state index contributed by atoms with van der Waals surface area (Å²) in [6.45, 7) is 2.82. The highest BCUT2D eigenvalue weighted by atomic mass is 16.5. The van der Waals surface area contributed by atoms with Gasteiger partial charge in [-0.2, -0.15) is 4.98 Å². The molecule has 3 aromatic carbocycles. The summed E-state index contributed by atoms with van der Waals surface area (Å²) in [5.74, 6) is 1.07. The van der Waals surface area contributed by atoms with Gasteiger partial charge in [0.05, 0.1) is 19.4 Å². The molecule has 1 heterocycles. The van der Waals surface area contributed by atoms with Crippen LogP contribution in [0.3, 0.4) is 0 Å². The van der Waals surface area contributed by atoms with Crippen LogP contribution in [0.15, 0.2) is 72.8 Å². The van der Waals surface area contributed by atoms with E-state index in [2.05, 4.69) is 15.4 Å². The first-order valence-corrected chi connectivity index (χ1v) is 10.8. The molecule has 0 unspecified atom stereocenters. The van der Waals surface area contributed by atoms with Crippen molar-refractivity contribution in [2.75, 3.05) is 32.8 Å². The molecule has 1 amide bonds. The van der Waals surface area contributed by atoms with E-state index >= 15 is 0 Å². The maximum absolute atomic E-state index is 12.6. The average Bonchev–Trinajstić information content (AvgIpc) is 3.29. The molecule has 4 aromatic rings. The Kier molecular flexibility index (Phi) is 7.19. The number of carbonyl (C=O) groups excluding carboxylic acids is 1. The third-order valence-electron chi connectivity index (χ3n) is 5.19. The van der Waals surface area contributed by atoms with E-state index in [1.165, 1.54) is 0 Å². The lowest BCUT2D eigenvalue weighted by Gasteiger charge is -2.10. The Hall–Kier alpha value is -4.17. The highest BCUT2D eigenvalue weighted by molar-refractivity contribution is 6.04. The fourth-order valence-corrected chi connectivity index (χ4v) is 3.40. The molecule has 34 heavy (non-hydrogen) atoms. The van der Waals surface area contributed by atoms with Crippen LogP contribution < -0.4 is 14.8 Å². The van der Waals surface area contributed by atoms with E-state index in [4.69, 9.17) is 14.2 Å². The number of carbonyl (C=O) groups is 1. The first kappa shape index (κ1) is 23.0. The summed E-state index contributed by atoms with van der Waals surface area (Å²) < 4.78 is 17.6. The van der Waals surface area contributed by atoms with E-state index in [1.54, 1.807) is 43.2 Å². The second kappa shape index (κ2) is 10.6. The predicted molar refractivity (Wildman–Crippen MR) is 130 cm³/mol. The minimum Gasteiger partial charge on any atom is -0.497 e. The van der Waals surface area contributed by atoms with Crippen LogP contribution in [0.1, 0.15) is 15.9 Å². The van der Waals surface area contributed by atoms with Crippen molar-refractivity contribution < 1.29 is 19.0 Å². The third-order valence-corrected chi connectivity index (χ3v) is 5.19. The molecule has 0 atom stereocenters. The monoisotopic (exact) mass is 458 g/mol. The molecule has 0 saturated heterocycles. The van der Waals surface area contributed by atoms with E-state index < -0.39 is 0 Å². The first-order chi connectivity index (χ1) is 16.6. The molecule has 8 heteroatoms. The standard InChI is InChI=1S/C26H26N4O4/c1-18-7-4-5-10-23(18)24-28-26(34-16-15-32-2)29-30(24)21-13-11-20(12-14-21)27-25(31)19-8-6-9-22(17-19)33-3/h4-14,17H,15-16H2,1-3H3,(H,27,31). The van der Waals surface area contributed by atoms with Crippen LogP contribution in [0.2, 0.25) is 0 Å². The van der Waals surface area contributed by atoms with Crippen LogP contribution in [-0.4, -0.2) is 48.1 Å². The second-order valence-corrected chi connectivity index (χ2v) is 7.52. The Balaban J connectivity index is 1.59. The van der Waals surface area contributed by atoms with E-state index in [0.29, 0.717) is 36.0 Å². The molecule has 0 aliphatic carbocycles. The summed E-state index contributed by atoms with van der Waals surface area (Å²) in [7, 11) is 3.18. The summed E-state index contributed by atoms with van der Waals surface area (Å²) in [5, 5.41) is 7.46. The molecule has 0 radical (unpaired) electrons. The molecule has 0 saturated carbocycles. The number of aromatic nitrogens is 3. The molecular formula is C26H26N4O4. The molecule has 0 fully saturated rings. The highest BCUT2D eigenvalue weighted by Crippen LogP contribution is 2.27. The van der Waals surface area contributed by atoms with Crippen molar-refractivity contribution in [2.24, 2.45) is 0 Å². The number of anilines is 1. The Morgan fingerprint density at radius 3 is 2.50 bits per heavy atom. The minimum atomic E-state index is -0.221. The highest BCUT2D eigenvalue weighted by Gasteiger charge is 2.16. The quantitative estimate of drug-likeness (QED) is 0.371. The topological polar surface area (TPSA) is 87.5 Å². The predicted octanol–water partition coefficient (Wildman–Crippen LogP) is 4.53. The number of ether oxygens (including phenoxy) is 3. The zero-order valence-corrected chi connectivity index (χ0v) is 19.3. The molecule has 0 aliphatic heterocycles. The van der Waals surface area contributed by atoms with Crippen LogP contribution in [0.5, 0.6) is 11.8 Å². The van der Waals surface area contributed by atoms with Crippen molar-refractivity contribution in [3.05, 3.63) is 83.9 Å².